The van der Waals surface area contributed by atoms with Crippen molar-refractivity contribution in [2.45, 2.75) is 6.54 Å². The van der Waals surface area contributed by atoms with Crippen molar-refractivity contribution < 1.29 is 24.7 Å². The van der Waals surface area contributed by atoms with Gasteiger partial charge in [0.2, 0.25) is 0 Å². The highest BCUT2D eigenvalue weighted by molar-refractivity contribution is 5.69. The number of hydrogen-bond donors (Lipinski definition) is 3. The molecule has 166 valence electrons. The first-order valence-corrected chi connectivity index (χ1v) is 9.74. The monoisotopic (exact) mass is 424 g/mol. The van der Waals surface area contributed by atoms with Crippen LogP contribution in [0.2, 0.25) is 0 Å². The van der Waals surface area contributed by atoms with Gasteiger partial charge in [-0.1, -0.05) is 0 Å². The summed E-state index contributed by atoms with van der Waals surface area (Å²) in [4.78, 5) is 42.7. The van der Waals surface area contributed by atoms with E-state index in [0.29, 0.717) is 64.6 Å². The summed E-state index contributed by atoms with van der Waals surface area (Å²) in [6.07, 6.45) is 1.39. The van der Waals surface area contributed by atoms with Crippen LogP contribution in [-0.4, -0.2) is 112 Å². The number of rotatable bonds is 7. The molecule has 3 N–H and O–H groups in total. The standard InChI is InChI=1S/C18H28N6O6/c25-17(26)13-21-5-3-19-4-6-22(14-18(27)28)8-10-23(9-7-21)12-15-11-16(24(29)30)1-2-20-15/h1-2,11,19H,3-10,12-14H2,(H,25,26)(H,27,28). The fourth-order valence-electron chi connectivity index (χ4n) is 3.25. The van der Waals surface area contributed by atoms with Gasteiger partial charge in [-0.3, -0.25) is 39.4 Å². The highest BCUT2D eigenvalue weighted by Gasteiger charge is 2.17. The molecule has 0 amide bonds. The first kappa shape index (κ1) is 23.6. The molecule has 0 unspecified atom stereocenters. The summed E-state index contributed by atoms with van der Waals surface area (Å²) in [5.74, 6) is -1.80. The maximum absolute atomic E-state index is 11.2. The number of pyridine rings is 1. The van der Waals surface area contributed by atoms with Crippen LogP contribution in [0.1, 0.15) is 5.69 Å². The number of aromatic nitrogens is 1. The van der Waals surface area contributed by atoms with Gasteiger partial charge in [0.15, 0.2) is 0 Å². The van der Waals surface area contributed by atoms with Crippen LogP contribution in [0, 0.1) is 10.1 Å². The van der Waals surface area contributed by atoms with Crippen molar-refractivity contribution in [2.24, 2.45) is 0 Å². The summed E-state index contributed by atoms with van der Waals surface area (Å²) in [5, 5.41) is 32.5. The minimum Gasteiger partial charge on any atom is -0.480 e. The third kappa shape index (κ3) is 8.78. The fourth-order valence-corrected chi connectivity index (χ4v) is 3.25. The number of nitrogens with one attached hydrogen (secondary N) is 1. The Labute approximate surface area is 174 Å². The number of nitro groups is 1. The molecule has 0 atom stereocenters. The lowest BCUT2D eigenvalue weighted by Gasteiger charge is -2.30. The zero-order chi connectivity index (χ0) is 21.9. The SMILES string of the molecule is O=C(O)CN1CCNCCN(CC(=O)O)CCN(Cc2cc([N+](=O)[O-])ccn2)CC1. The Bertz CT molecular complexity index is 703. The Balaban J connectivity index is 2.11. The van der Waals surface area contributed by atoms with Crippen LogP contribution >= 0.6 is 0 Å². The first-order chi connectivity index (χ1) is 14.3. The normalized spacial score (nSPS) is 18.3. The van der Waals surface area contributed by atoms with Gasteiger partial charge in [-0.25, -0.2) is 0 Å². The second-order valence-electron chi connectivity index (χ2n) is 7.13. The molecule has 0 saturated carbocycles. The second kappa shape index (κ2) is 12.1. The summed E-state index contributed by atoms with van der Waals surface area (Å²) < 4.78 is 0. The molecule has 1 saturated heterocycles. The molecule has 2 rings (SSSR count). The minimum absolute atomic E-state index is 0.0413. The van der Waals surface area contributed by atoms with Crippen LogP contribution in [0.3, 0.4) is 0 Å². The van der Waals surface area contributed by atoms with Gasteiger partial charge in [-0.05, 0) is 0 Å². The summed E-state index contributed by atoms with van der Waals surface area (Å²) in [5.41, 5.74) is 0.493. The third-order valence-electron chi connectivity index (χ3n) is 4.79. The molecule has 1 aliphatic rings. The average Bonchev–Trinajstić information content (AvgIpc) is 2.67. The molecule has 1 aromatic heterocycles. The van der Waals surface area contributed by atoms with E-state index in [-0.39, 0.29) is 18.8 Å². The molecular formula is C18H28N6O6. The van der Waals surface area contributed by atoms with Gasteiger partial charge in [0, 0.05) is 77.2 Å². The predicted molar refractivity (Wildman–Crippen MR) is 107 cm³/mol. The van der Waals surface area contributed by atoms with Gasteiger partial charge in [0.1, 0.15) is 0 Å². The van der Waals surface area contributed by atoms with Crippen molar-refractivity contribution in [3.05, 3.63) is 34.1 Å². The molecular weight excluding hydrogens is 396 g/mol. The van der Waals surface area contributed by atoms with Crippen LogP contribution in [0.25, 0.3) is 0 Å². The second-order valence-corrected chi connectivity index (χ2v) is 7.13. The van der Waals surface area contributed by atoms with Gasteiger partial charge in [0.05, 0.1) is 23.7 Å². The number of nitrogens with zero attached hydrogens (tertiary/aromatic N) is 5. The summed E-state index contributed by atoms with van der Waals surface area (Å²) in [6, 6.07) is 2.75. The van der Waals surface area contributed by atoms with Gasteiger partial charge in [-0.15, -0.1) is 0 Å². The molecule has 1 aromatic rings. The molecule has 0 aliphatic carbocycles. The lowest BCUT2D eigenvalue weighted by atomic mass is 10.2. The molecule has 0 spiro atoms. The lowest BCUT2D eigenvalue weighted by Crippen LogP contribution is -2.46. The van der Waals surface area contributed by atoms with Gasteiger partial charge < -0.3 is 15.5 Å². The van der Waals surface area contributed by atoms with E-state index in [0.717, 1.165) is 0 Å². The topological polar surface area (TPSA) is 152 Å². The van der Waals surface area contributed by atoms with Crippen LogP contribution in [0.15, 0.2) is 18.3 Å². The number of carboxylic acids is 2. The van der Waals surface area contributed by atoms with E-state index in [4.69, 9.17) is 10.2 Å². The van der Waals surface area contributed by atoms with Gasteiger partial charge in [-0.2, -0.15) is 0 Å². The summed E-state index contributed by atoms with van der Waals surface area (Å²) in [6.45, 7) is 4.55. The van der Waals surface area contributed by atoms with E-state index < -0.39 is 16.9 Å². The van der Waals surface area contributed by atoms with E-state index in [1.165, 1.54) is 18.3 Å². The van der Waals surface area contributed by atoms with E-state index in [1.807, 2.05) is 14.7 Å². The van der Waals surface area contributed by atoms with Crippen molar-refractivity contribution in [1.82, 2.24) is 25.0 Å². The summed E-state index contributed by atoms with van der Waals surface area (Å²) in [7, 11) is 0. The Morgan fingerprint density at radius 3 is 2.03 bits per heavy atom. The lowest BCUT2D eigenvalue weighted by molar-refractivity contribution is -0.385. The number of aliphatic carboxylic acids is 2. The van der Waals surface area contributed by atoms with Crippen molar-refractivity contribution in [3.63, 3.8) is 0 Å². The Hall–Kier alpha value is -2.67. The van der Waals surface area contributed by atoms with E-state index >= 15 is 0 Å². The molecule has 1 fully saturated rings. The van der Waals surface area contributed by atoms with Gasteiger partial charge >= 0.3 is 11.9 Å². The van der Waals surface area contributed by atoms with Crippen molar-refractivity contribution in [3.8, 4) is 0 Å². The van der Waals surface area contributed by atoms with Crippen LogP contribution in [0.4, 0.5) is 5.69 Å². The molecule has 12 heteroatoms. The number of carboxylic acid groups (broad SMARTS) is 2. The maximum atomic E-state index is 11.2. The van der Waals surface area contributed by atoms with E-state index in [9.17, 15) is 19.7 Å². The molecule has 1 aliphatic heterocycles. The van der Waals surface area contributed by atoms with Crippen molar-refractivity contribution in [2.75, 3.05) is 65.4 Å². The molecule has 30 heavy (non-hydrogen) atoms. The predicted octanol–water partition coefficient (Wildman–Crippen LogP) is -0.832. The van der Waals surface area contributed by atoms with Crippen molar-refractivity contribution in [1.29, 1.82) is 0 Å². The molecule has 12 nitrogen and oxygen atoms in total. The smallest absolute Gasteiger partial charge is 0.317 e. The molecule has 0 aromatic carbocycles. The molecule has 0 bridgehead atoms. The zero-order valence-corrected chi connectivity index (χ0v) is 16.8. The van der Waals surface area contributed by atoms with Crippen LogP contribution in [0.5, 0.6) is 0 Å². The Morgan fingerprint density at radius 1 is 1.00 bits per heavy atom. The number of carbonyl (C=O) groups is 2. The quantitative estimate of drug-likeness (QED) is 0.371. The maximum Gasteiger partial charge on any atom is 0.317 e. The largest absolute Gasteiger partial charge is 0.480 e. The average molecular weight is 424 g/mol. The third-order valence-corrected chi connectivity index (χ3v) is 4.79. The molecule has 0 radical (unpaired) electrons. The Kier molecular flexibility index (Phi) is 9.54. The van der Waals surface area contributed by atoms with Crippen LogP contribution < -0.4 is 5.32 Å². The van der Waals surface area contributed by atoms with Crippen molar-refractivity contribution >= 4 is 17.6 Å². The number of hydrogen-bond acceptors (Lipinski definition) is 9. The first-order valence-electron chi connectivity index (χ1n) is 9.74. The Morgan fingerprint density at radius 2 is 1.53 bits per heavy atom. The zero-order valence-electron chi connectivity index (χ0n) is 16.8. The van der Waals surface area contributed by atoms with E-state index in [2.05, 4.69) is 10.3 Å². The molecule has 2 heterocycles. The van der Waals surface area contributed by atoms with Gasteiger partial charge in [0.25, 0.3) is 5.69 Å². The minimum atomic E-state index is -0.901. The van der Waals surface area contributed by atoms with Crippen LogP contribution in [-0.2, 0) is 16.1 Å². The highest BCUT2D eigenvalue weighted by Crippen LogP contribution is 2.12. The summed E-state index contributed by atoms with van der Waals surface area (Å²) >= 11 is 0. The highest BCUT2D eigenvalue weighted by atomic mass is 16.6. The van der Waals surface area contributed by atoms with E-state index in [1.54, 1.807) is 0 Å². The fraction of sp³-hybridized carbons (Fsp3) is 0.611.